The van der Waals surface area contributed by atoms with Crippen LogP contribution in [0.1, 0.15) is 32.6 Å². The molecule has 0 aromatic heterocycles. The molecule has 2 aliphatic rings. The number of carbonyl (C=O) groups is 3. The molecule has 1 saturated carbocycles. The van der Waals surface area contributed by atoms with Gasteiger partial charge in [-0.25, -0.2) is 4.79 Å². The molecule has 2 N–H and O–H groups in total. The number of nitrogens with one attached hydrogen (secondary N) is 1. The second kappa shape index (κ2) is 5.40. The lowest BCUT2D eigenvalue weighted by Gasteiger charge is -2.24. The number of likely N-dealkylation sites (N-methyl/N-ethyl adjacent to an activating group) is 1. The second-order valence-corrected chi connectivity index (χ2v) is 5.67. The summed E-state index contributed by atoms with van der Waals surface area (Å²) in [6.07, 6.45) is 3.32. The third-order valence-corrected chi connectivity index (χ3v) is 4.40. The summed E-state index contributed by atoms with van der Waals surface area (Å²) < 4.78 is 0. The van der Waals surface area contributed by atoms with Gasteiger partial charge in [-0.05, 0) is 26.8 Å². The summed E-state index contributed by atoms with van der Waals surface area (Å²) in [5, 5.41) is 11.7. The molecule has 7 heteroatoms. The van der Waals surface area contributed by atoms with Gasteiger partial charge in [0.1, 0.15) is 11.6 Å². The maximum Gasteiger partial charge on any atom is 0.325 e. The minimum atomic E-state index is -0.919. The van der Waals surface area contributed by atoms with Gasteiger partial charge in [0.2, 0.25) is 0 Å². The van der Waals surface area contributed by atoms with E-state index in [1.807, 2.05) is 0 Å². The van der Waals surface area contributed by atoms with Gasteiger partial charge in [0, 0.05) is 13.1 Å². The Morgan fingerprint density at radius 2 is 2.05 bits per heavy atom. The molecule has 2 fully saturated rings. The summed E-state index contributed by atoms with van der Waals surface area (Å²) in [7, 11) is 1.67. The number of carbonyl (C=O) groups excluding carboxylic acids is 2. The van der Waals surface area contributed by atoms with E-state index >= 15 is 0 Å². The highest BCUT2D eigenvalue weighted by molar-refractivity contribution is 6.07. The van der Waals surface area contributed by atoms with E-state index in [9.17, 15) is 14.4 Å². The van der Waals surface area contributed by atoms with Gasteiger partial charge in [-0.2, -0.15) is 0 Å². The molecular formula is C13H21N3O4. The van der Waals surface area contributed by atoms with E-state index in [0.717, 1.165) is 12.8 Å². The summed E-state index contributed by atoms with van der Waals surface area (Å²) in [6.45, 7) is 2.15. The van der Waals surface area contributed by atoms with E-state index in [1.165, 1.54) is 4.90 Å². The fourth-order valence-corrected chi connectivity index (χ4v) is 2.84. The highest BCUT2D eigenvalue weighted by Gasteiger charge is 2.52. The molecule has 2 rings (SSSR count). The van der Waals surface area contributed by atoms with Crippen molar-refractivity contribution in [2.75, 3.05) is 20.1 Å². The van der Waals surface area contributed by atoms with E-state index in [0.29, 0.717) is 19.4 Å². The monoisotopic (exact) mass is 283 g/mol. The zero-order chi connectivity index (χ0) is 14.9. The average molecular weight is 283 g/mol. The van der Waals surface area contributed by atoms with Crippen LogP contribution < -0.4 is 5.32 Å². The highest BCUT2D eigenvalue weighted by atomic mass is 16.4. The largest absolute Gasteiger partial charge is 0.480 e. The summed E-state index contributed by atoms with van der Waals surface area (Å²) in [5.74, 6) is -1.08. The number of rotatable bonds is 5. The van der Waals surface area contributed by atoms with Crippen LogP contribution in [0.2, 0.25) is 0 Å². The number of aliphatic carboxylic acids is 1. The van der Waals surface area contributed by atoms with Crippen LogP contribution in [-0.2, 0) is 9.59 Å². The molecule has 1 unspecified atom stereocenters. The van der Waals surface area contributed by atoms with Gasteiger partial charge >= 0.3 is 12.0 Å². The quantitative estimate of drug-likeness (QED) is 0.706. The standard InChI is InChI=1S/C13H21N3O4/c1-9(10(17)18)15(2)7-8-16-11(19)13(14-12(16)20)5-3-4-6-13/h9H,3-8H2,1-2H3,(H,14,20)(H,17,18). The first kappa shape index (κ1) is 14.8. The van der Waals surface area contributed by atoms with E-state index in [-0.39, 0.29) is 18.5 Å². The fourth-order valence-electron chi connectivity index (χ4n) is 2.84. The van der Waals surface area contributed by atoms with Gasteiger partial charge in [0.25, 0.3) is 5.91 Å². The first-order valence-electron chi connectivity index (χ1n) is 6.94. The Morgan fingerprint density at radius 3 is 2.60 bits per heavy atom. The van der Waals surface area contributed by atoms with Crippen LogP contribution in [0.25, 0.3) is 0 Å². The van der Waals surface area contributed by atoms with E-state index in [1.54, 1.807) is 18.9 Å². The number of carboxylic acids is 1. The SMILES string of the molecule is CC(C(=O)O)N(C)CCN1C(=O)NC2(CCCC2)C1=O. The molecule has 0 radical (unpaired) electrons. The van der Waals surface area contributed by atoms with Crippen molar-refractivity contribution in [2.24, 2.45) is 0 Å². The van der Waals surface area contributed by atoms with E-state index in [2.05, 4.69) is 5.32 Å². The molecule has 1 saturated heterocycles. The van der Waals surface area contributed by atoms with Crippen molar-refractivity contribution in [3.8, 4) is 0 Å². The minimum absolute atomic E-state index is 0.156. The molecule has 1 spiro atoms. The maximum absolute atomic E-state index is 12.4. The van der Waals surface area contributed by atoms with Crippen molar-refractivity contribution < 1.29 is 19.5 Å². The van der Waals surface area contributed by atoms with Crippen molar-refractivity contribution >= 4 is 17.9 Å². The van der Waals surface area contributed by atoms with Gasteiger partial charge < -0.3 is 10.4 Å². The third kappa shape index (κ3) is 2.49. The molecule has 0 bridgehead atoms. The molecule has 0 aromatic carbocycles. The number of carboxylic acid groups (broad SMARTS) is 1. The van der Waals surface area contributed by atoms with Crippen LogP contribution in [0.3, 0.4) is 0 Å². The van der Waals surface area contributed by atoms with Crippen LogP contribution in [0.15, 0.2) is 0 Å². The molecule has 112 valence electrons. The number of hydrogen-bond donors (Lipinski definition) is 2. The predicted octanol–water partition coefficient (Wildman–Crippen LogP) is 0.256. The fraction of sp³-hybridized carbons (Fsp3) is 0.769. The molecule has 7 nitrogen and oxygen atoms in total. The smallest absolute Gasteiger partial charge is 0.325 e. The van der Waals surface area contributed by atoms with Gasteiger partial charge in [-0.15, -0.1) is 0 Å². The molecule has 1 aliphatic heterocycles. The van der Waals surface area contributed by atoms with Crippen molar-refractivity contribution in [1.29, 1.82) is 0 Å². The Labute approximate surface area is 117 Å². The molecule has 0 aromatic rings. The van der Waals surface area contributed by atoms with Gasteiger partial charge in [0.05, 0.1) is 0 Å². The lowest BCUT2D eigenvalue weighted by molar-refractivity contribution is -0.142. The number of imide groups is 1. The minimum Gasteiger partial charge on any atom is -0.480 e. The molecule has 20 heavy (non-hydrogen) atoms. The number of hydrogen-bond acceptors (Lipinski definition) is 4. The van der Waals surface area contributed by atoms with Gasteiger partial charge in [-0.3, -0.25) is 19.4 Å². The Kier molecular flexibility index (Phi) is 3.99. The summed E-state index contributed by atoms with van der Waals surface area (Å²) >= 11 is 0. The first-order chi connectivity index (χ1) is 9.37. The number of urea groups is 1. The van der Waals surface area contributed by atoms with Crippen molar-refractivity contribution in [1.82, 2.24) is 15.1 Å². The molecular weight excluding hydrogens is 262 g/mol. The Balaban J connectivity index is 1.95. The summed E-state index contributed by atoms with van der Waals surface area (Å²) in [6, 6.07) is -0.996. The van der Waals surface area contributed by atoms with Crippen molar-refractivity contribution in [3.05, 3.63) is 0 Å². The van der Waals surface area contributed by atoms with Crippen LogP contribution in [0, 0.1) is 0 Å². The molecule has 1 atom stereocenters. The maximum atomic E-state index is 12.4. The second-order valence-electron chi connectivity index (χ2n) is 5.67. The normalized spacial score (nSPS) is 22.6. The Morgan fingerprint density at radius 1 is 1.45 bits per heavy atom. The van der Waals surface area contributed by atoms with Crippen molar-refractivity contribution in [2.45, 2.75) is 44.2 Å². The third-order valence-electron chi connectivity index (χ3n) is 4.40. The molecule has 3 amide bonds. The number of amides is 3. The zero-order valence-corrected chi connectivity index (χ0v) is 11.9. The van der Waals surface area contributed by atoms with Crippen LogP contribution in [-0.4, -0.2) is 64.5 Å². The Bertz CT molecular complexity index is 431. The lowest BCUT2D eigenvalue weighted by Crippen LogP contribution is -2.45. The highest BCUT2D eigenvalue weighted by Crippen LogP contribution is 2.34. The van der Waals surface area contributed by atoms with Crippen molar-refractivity contribution in [3.63, 3.8) is 0 Å². The zero-order valence-electron chi connectivity index (χ0n) is 11.9. The van der Waals surface area contributed by atoms with Crippen LogP contribution in [0.4, 0.5) is 4.79 Å². The molecule has 1 aliphatic carbocycles. The number of nitrogens with zero attached hydrogens (tertiary/aromatic N) is 2. The van der Waals surface area contributed by atoms with Crippen LogP contribution >= 0.6 is 0 Å². The summed E-state index contributed by atoms with van der Waals surface area (Å²) in [4.78, 5) is 38.0. The molecule has 1 heterocycles. The summed E-state index contributed by atoms with van der Waals surface area (Å²) in [5.41, 5.74) is -0.686. The lowest BCUT2D eigenvalue weighted by atomic mass is 9.98. The van der Waals surface area contributed by atoms with E-state index in [4.69, 9.17) is 5.11 Å². The van der Waals surface area contributed by atoms with E-state index < -0.39 is 17.6 Å². The Hall–Kier alpha value is -1.63. The average Bonchev–Trinajstić information content (AvgIpc) is 2.94. The predicted molar refractivity (Wildman–Crippen MR) is 71.2 cm³/mol. The van der Waals surface area contributed by atoms with Crippen LogP contribution in [0.5, 0.6) is 0 Å². The van der Waals surface area contributed by atoms with Gasteiger partial charge in [-0.1, -0.05) is 12.8 Å². The van der Waals surface area contributed by atoms with Gasteiger partial charge in [0.15, 0.2) is 0 Å². The first-order valence-corrected chi connectivity index (χ1v) is 6.94. The topological polar surface area (TPSA) is 89.9 Å².